The number of hydrogen-bond acceptors (Lipinski definition) is 4. The van der Waals surface area contributed by atoms with Crippen LogP contribution in [0.4, 0.5) is 5.82 Å². The number of aromatic amines is 1. The van der Waals surface area contributed by atoms with Gasteiger partial charge in [-0.2, -0.15) is 5.10 Å². The number of H-pyrrole nitrogens is 1. The summed E-state index contributed by atoms with van der Waals surface area (Å²) in [6, 6.07) is 0.146. The topological polar surface area (TPSA) is 93.9 Å². The summed E-state index contributed by atoms with van der Waals surface area (Å²) in [7, 11) is 1.82. The van der Waals surface area contributed by atoms with Crippen LogP contribution < -0.4 is 10.9 Å². The maximum Gasteiger partial charge on any atom is 0.270 e. The Morgan fingerprint density at radius 2 is 2.09 bits per heavy atom. The van der Waals surface area contributed by atoms with E-state index in [0.29, 0.717) is 24.6 Å². The van der Waals surface area contributed by atoms with Crippen molar-refractivity contribution in [2.24, 2.45) is 7.05 Å². The number of nitrogens with zero attached hydrogens (tertiary/aromatic N) is 3. The lowest BCUT2D eigenvalue weighted by atomic mass is 9.89. The minimum Gasteiger partial charge on any atom is -0.381 e. The molecule has 0 bridgehead atoms. The van der Waals surface area contributed by atoms with E-state index in [-0.39, 0.29) is 29.8 Å². The number of carbonyl (C=O) groups excluding carboxylic acids is 1. The van der Waals surface area contributed by atoms with E-state index in [2.05, 4.69) is 15.5 Å². The van der Waals surface area contributed by atoms with Crippen LogP contribution >= 0.6 is 0 Å². The number of aryl methyl sites for hydroxylation is 1. The molecule has 0 aliphatic carbocycles. The number of nitrogens with one attached hydrogen (secondary N) is 2. The fourth-order valence-corrected chi connectivity index (χ4v) is 3.51. The molecule has 122 valence electrons. The van der Waals surface area contributed by atoms with Crippen LogP contribution in [0.15, 0.2) is 17.2 Å². The van der Waals surface area contributed by atoms with Gasteiger partial charge < -0.3 is 10.1 Å². The molecule has 0 radical (unpaired) electrons. The van der Waals surface area contributed by atoms with Crippen LogP contribution in [0.2, 0.25) is 0 Å². The zero-order valence-corrected chi connectivity index (χ0v) is 12.9. The van der Waals surface area contributed by atoms with E-state index >= 15 is 0 Å². The zero-order chi connectivity index (χ0) is 16.0. The highest BCUT2D eigenvalue weighted by molar-refractivity contribution is 5.94. The summed E-state index contributed by atoms with van der Waals surface area (Å²) in [5, 5.41) is 9.96. The van der Waals surface area contributed by atoms with Gasteiger partial charge in [0, 0.05) is 38.8 Å². The van der Waals surface area contributed by atoms with E-state index in [0.717, 1.165) is 18.4 Å². The number of rotatable bonds is 2. The van der Waals surface area contributed by atoms with Gasteiger partial charge in [-0.15, -0.1) is 0 Å². The number of amides is 1. The predicted octanol–water partition coefficient (Wildman–Crippen LogP) is 0.735. The quantitative estimate of drug-likeness (QED) is 0.854. The molecule has 2 aliphatic rings. The molecular weight excluding hydrogens is 298 g/mol. The lowest BCUT2D eigenvalue weighted by Crippen LogP contribution is -2.28. The standard InChI is InChI=1S/C15H19N5O3/c1-19-8-9(7-16-19)11-6-12(21)17-14-13(11)15(22)18-20(14)10-2-4-23-5-3-10/h7-8,10-11H,2-6H2,1H3,(H,17,21)(H,18,22). The summed E-state index contributed by atoms with van der Waals surface area (Å²) >= 11 is 0. The minimum absolute atomic E-state index is 0.0776. The Morgan fingerprint density at radius 1 is 1.30 bits per heavy atom. The van der Waals surface area contributed by atoms with Gasteiger partial charge in [0.05, 0.1) is 17.8 Å². The average Bonchev–Trinajstić information content (AvgIpc) is 3.12. The molecule has 1 atom stereocenters. The Kier molecular flexibility index (Phi) is 3.33. The first kappa shape index (κ1) is 14.3. The summed E-state index contributed by atoms with van der Waals surface area (Å²) in [6.45, 7) is 1.33. The summed E-state index contributed by atoms with van der Waals surface area (Å²) in [5.41, 5.74) is 1.38. The molecule has 23 heavy (non-hydrogen) atoms. The SMILES string of the molecule is Cn1cc(C2CC(=O)Nc3c2c(=O)[nH]n3C2CCOCC2)cn1. The Bertz CT molecular complexity index is 796. The molecule has 1 saturated heterocycles. The van der Waals surface area contributed by atoms with Gasteiger partial charge in [0.1, 0.15) is 5.82 Å². The molecule has 2 aromatic heterocycles. The van der Waals surface area contributed by atoms with Gasteiger partial charge in [-0.25, -0.2) is 0 Å². The number of anilines is 1. The van der Waals surface area contributed by atoms with Crippen LogP contribution in [0.25, 0.3) is 0 Å². The normalized spacial score (nSPS) is 22.0. The highest BCUT2D eigenvalue weighted by Gasteiger charge is 2.34. The monoisotopic (exact) mass is 317 g/mol. The van der Waals surface area contributed by atoms with Crippen molar-refractivity contribution < 1.29 is 9.53 Å². The van der Waals surface area contributed by atoms with E-state index in [4.69, 9.17) is 4.74 Å². The summed E-state index contributed by atoms with van der Waals surface area (Å²) < 4.78 is 8.89. The molecule has 2 N–H and O–H groups in total. The summed E-state index contributed by atoms with van der Waals surface area (Å²) in [6.07, 6.45) is 5.49. The second-order valence-electron chi connectivity index (χ2n) is 6.17. The summed E-state index contributed by atoms with van der Waals surface area (Å²) in [4.78, 5) is 24.7. The van der Waals surface area contributed by atoms with E-state index in [1.165, 1.54) is 0 Å². The first-order valence-corrected chi connectivity index (χ1v) is 7.84. The maximum atomic E-state index is 12.5. The molecule has 4 heterocycles. The molecule has 8 nitrogen and oxygen atoms in total. The van der Waals surface area contributed by atoms with Crippen LogP contribution in [0.1, 0.15) is 42.3 Å². The van der Waals surface area contributed by atoms with Gasteiger partial charge in [-0.1, -0.05) is 0 Å². The number of ether oxygens (including phenoxy) is 1. The first-order valence-electron chi connectivity index (χ1n) is 7.84. The Hall–Kier alpha value is -2.35. The van der Waals surface area contributed by atoms with Crippen LogP contribution in [0, 0.1) is 0 Å². The van der Waals surface area contributed by atoms with Gasteiger partial charge in [0.25, 0.3) is 5.56 Å². The second-order valence-corrected chi connectivity index (χ2v) is 6.17. The highest BCUT2D eigenvalue weighted by Crippen LogP contribution is 2.36. The van der Waals surface area contributed by atoms with Gasteiger partial charge in [0.2, 0.25) is 5.91 Å². The van der Waals surface area contributed by atoms with Crippen LogP contribution in [-0.4, -0.2) is 38.7 Å². The first-order chi connectivity index (χ1) is 11.1. The van der Waals surface area contributed by atoms with Crippen molar-refractivity contribution in [3.63, 3.8) is 0 Å². The van der Waals surface area contributed by atoms with Crippen molar-refractivity contribution in [3.8, 4) is 0 Å². The van der Waals surface area contributed by atoms with Crippen LogP contribution in [0.3, 0.4) is 0 Å². The van der Waals surface area contributed by atoms with Gasteiger partial charge in [0.15, 0.2) is 0 Å². The molecule has 0 spiro atoms. The fraction of sp³-hybridized carbons (Fsp3) is 0.533. The van der Waals surface area contributed by atoms with Gasteiger partial charge >= 0.3 is 0 Å². The Morgan fingerprint density at radius 3 is 2.78 bits per heavy atom. The molecule has 1 unspecified atom stereocenters. The predicted molar refractivity (Wildman–Crippen MR) is 82.4 cm³/mol. The molecule has 2 aliphatic heterocycles. The smallest absolute Gasteiger partial charge is 0.270 e. The second kappa shape index (κ2) is 5.38. The zero-order valence-electron chi connectivity index (χ0n) is 12.9. The molecule has 2 aromatic rings. The third-order valence-electron chi connectivity index (χ3n) is 4.64. The maximum absolute atomic E-state index is 12.5. The van der Waals surface area contributed by atoms with Crippen molar-refractivity contribution in [3.05, 3.63) is 33.9 Å². The molecule has 0 aromatic carbocycles. The number of hydrogen-bond donors (Lipinski definition) is 2. The number of carbonyl (C=O) groups is 1. The summed E-state index contributed by atoms with van der Waals surface area (Å²) in [5.74, 6) is 0.274. The van der Waals surface area contributed by atoms with E-state index < -0.39 is 0 Å². The van der Waals surface area contributed by atoms with Gasteiger partial charge in [-0.05, 0) is 18.4 Å². The fourth-order valence-electron chi connectivity index (χ4n) is 3.51. The average molecular weight is 317 g/mol. The molecule has 8 heteroatoms. The molecule has 1 amide bonds. The van der Waals surface area contributed by atoms with E-state index in [1.54, 1.807) is 10.9 Å². The number of fused-ring (bicyclic) bond motifs is 1. The van der Waals surface area contributed by atoms with Gasteiger partial charge in [-0.3, -0.25) is 24.1 Å². The lowest BCUT2D eigenvalue weighted by Gasteiger charge is -2.27. The third-order valence-corrected chi connectivity index (χ3v) is 4.64. The molecule has 0 saturated carbocycles. The van der Waals surface area contributed by atoms with Crippen molar-refractivity contribution in [1.82, 2.24) is 19.6 Å². The van der Waals surface area contributed by atoms with Crippen LogP contribution in [0.5, 0.6) is 0 Å². The Labute approximate surface area is 132 Å². The van der Waals surface area contributed by atoms with Crippen molar-refractivity contribution in [2.75, 3.05) is 18.5 Å². The molecule has 1 fully saturated rings. The van der Waals surface area contributed by atoms with E-state index in [1.807, 2.05) is 17.9 Å². The minimum atomic E-state index is -0.253. The molecule has 4 rings (SSSR count). The third kappa shape index (κ3) is 2.39. The Balaban J connectivity index is 1.80. The molecular formula is C15H19N5O3. The van der Waals surface area contributed by atoms with Crippen molar-refractivity contribution >= 4 is 11.7 Å². The lowest BCUT2D eigenvalue weighted by molar-refractivity contribution is -0.116. The highest BCUT2D eigenvalue weighted by atomic mass is 16.5. The largest absolute Gasteiger partial charge is 0.381 e. The van der Waals surface area contributed by atoms with Crippen LogP contribution in [-0.2, 0) is 16.6 Å². The van der Waals surface area contributed by atoms with Crippen molar-refractivity contribution in [1.29, 1.82) is 0 Å². The number of aromatic nitrogens is 4. The van der Waals surface area contributed by atoms with Crippen molar-refractivity contribution in [2.45, 2.75) is 31.2 Å². The van der Waals surface area contributed by atoms with E-state index in [9.17, 15) is 9.59 Å².